The molecule has 0 fully saturated rings. The van der Waals surface area contributed by atoms with Crippen molar-refractivity contribution in [2.75, 3.05) is 14.2 Å². The van der Waals surface area contributed by atoms with Crippen LogP contribution < -0.4 is 5.32 Å². The molecule has 7 heteroatoms. The molecule has 6 nitrogen and oxygen atoms in total. The lowest BCUT2D eigenvalue weighted by atomic mass is 9.84. The number of hydrogen-bond donors (Lipinski definition) is 1. The van der Waals surface area contributed by atoms with Gasteiger partial charge in [-0.1, -0.05) is 28.1 Å². The minimum Gasteiger partial charge on any atom is -0.468 e. The number of carbonyl (C=O) groups excluding carboxylic acids is 3. The third-order valence-electron chi connectivity index (χ3n) is 3.25. The van der Waals surface area contributed by atoms with E-state index in [0.29, 0.717) is 5.56 Å². The molecule has 1 unspecified atom stereocenters. The Morgan fingerprint density at radius 1 is 1.00 bits per heavy atom. The monoisotopic (exact) mass is 399 g/mol. The maximum Gasteiger partial charge on any atom is 0.321 e. The molecule has 0 radical (unpaired) electrons. The molecule has 1 amide bonds. The van der Waals surface area contributed by atoms with Gasteiger partial charge < -0.3 is 14.8 Å². The fourth-order valence-electron chi connectivity index (χ4n) is 2.23. The first-order valence-corrected chi connectivity index (χ1v) is 8.13. The lowest BCUT2D eigenvalue weighted by molar-refractivity contribution is -0.162. The van der Waals surface area contributed by atoms with Gasteiger partial charge in [0, 0.05) is 10.0 Å². The smallest absolute Gasteiger partial charge is 0.321 e. The molecule has 1 atom stereocenters. The Labute approximate surface area is 150 Å². The molecule has 0 aliphatic rings. The fraction of sp³-hybridized carbons (Fsp3) is 0.471. The molecule has 132 valence electrons. The Morgan fingerprint density at radius 3 is 1.83 bits per heavy atom. The van der Waals surface area contributed by atoms with Crippen molar-refractivity contribution < 1.29 is 23.9 Å². The summed E-state index contributed by atoms with van der Waals surface area (Å²) in [5.74, 6) is -4.54. The van der Waals surface area contributed by atoms with Crippen LogP contribution in [0.3, 0.4) is 0 Å². The number of esters is 2. The molecule has 0 aliphatic carbocycles. The Hall–Kier alpha value is -1.89. The number of benzene rings is 1. The van der Waals surface area contributed by atoms with Crippen molar-refractivity contribution in [3.63, 3.8) is 0 Å². The van der Waals surface area contributed by atoms with Crippen molar-refractivity contribution in [2.24, 2.45) is 5.92 Å². The van der Waals surface area contributed by atoms with Crippen LogP contribution in [0.1, 0.15) is 32.3 Å². The SMILES string of the molecule is COC(=O)C(C(=O)OC)C(C(=O)NC(C)(C)C)c1ccc(Br)cc1. The number of nitrogens with one attached hydrogen (secondary N) is 1. The van der Waals surface area contributed by atoms with E-state index in [2.05, 4.69) is 21.2 Å². The van der Waals surface area contributed by atoms with Gasteiger partial charge in [0.15, 0.2) is 5.92 Å². The summed E-state index contributed by atoms with van der Waals surface area (Å²) >= 11 is 3.32. The van der Waals surface area contributed by atoms with Gasteiger partial charge >= 0.3 is 11.9 Å². The van der Waals surface area contributed by atoms with Crippen molar-refractivity contribution in [3.8, 4) is 0 Å². The average Bonchev–Trinajstić information content (AvgIpc) is 2.50. The summed E-state index contributed by atoms with van der Waals surface area (Å²) in [7, 11) is 2.33. The van der Waals surface area contributed by atoms with Crippen LogP contribution in [0, 0.1) is 5.92 Å². The molecular formula is C17H22BrNO5. The summed E-state index contributed by atoms with van der Waals surface area (Å²) in [5, 5.41) is 2.80. The number of hydrogen-bond acceptors (Lipinski definition) is 5. The first-order valence-electron chi connectivity index (χ1n) is 7.34. The predicted molar refractivity (Wildman–Crippen MR) is 92.3 cm³/mol. The number of ether oxygens (including phenoxy) is 2. The Balaban J connectivity index is 3.39. The normalized spacial score (nSPS) is 12.5. The van der Waals surface area contributed by atoms with E-state index in [1.165, 1.54) is 14.2 Å². The second-order valence-corrected chi connectivity index (χ2v) is 7.21. The third-order valence-corrected chi connectivity index (χ3v) is 3.78. The zero-order valence-electron chi connectivity index (χ0n) is 14.4. The topological polar surface area (TPSA) is 81.7 Å². The van der Waals surface area contributed by atoms with Gasteiger partial charge in [-0.15, -0.1) is 0 Å². The third kappa shape index (κ3) is 5.33. The lowest BCUT2D eigenvalue weighted by Crippen LogP contribution is -2.47. The van der Waals surface area contributed by atoms with Gasteiger partial charge in [0.25, 0.3) is 0 Å². The molecule has 0 spiro atoms. The van der Waals surface area contributed by atoms with E-state index in [-0.39, 0.29) is 0 Å². The molecule has 1 N–H and O–H groups in total. The predicted octanol–water partition coefficient (Wildman–Crippen LogP) is 2.41. The van der Waals surface area contributed by atoms with Gasteiger partial charge in [0.05, 0.1) is 20.1 Å². The van der Waals surface area contributed by atoms with E-state index >= 15 is 0 Å². The minimum absolute atomic E-state index is 0.453. The number of carbonyl (C=O) groups is 3. The molecule has 0 aliphatic heterocycles. The van der Waals surface area contributed by atoms with Crippen LogP contribution in [-0.2, 0) is 23.9 Å². The van der Waals surface area contributed by atoms with Gasteiger partial charge in [0.1, 0.15) is 0 Å². The number of methoxy groups -OCH3 is 2. The summed E-state index contributed by atoms with van der Waals surface area (Å²) in [6, 6.07) is 6.82. The highest BCUT2D eigenvalue weighted by Crippen LogP contribution is 2.29. The average molecular weight is 400 g/mol. The van der Waals surface area contributed by atoms with Crippen molar-refractivity contribution in [2.45, 2.75) is 32.2 Å². The highest BCUT2D eigenvalue weighted by Gasteiger charge is 2.42. The molecule has 0 heterocycles. The van der Waals surface area contributed by atoms with Crippen molar-refractivity contribution in [1.29, 1.82) is 0 Å². The summed E-state index contributed by atoms with van der Waals surface area (Å²) in [5.41, 5.74) is -0.0117. The zero-order valence-corrected chi connectivity index (χ0v) is 16.0. The Morgan fingerprint density at radius 2 is 1.46 bits per heavy atom. The van der Waals surface area contributed by atoms with E-state index in [0.717, 1.165) is 4.47 Å². The van der Waals surface area contributed by atoms with E-state index < -0.39 is 35.2 Å². The highest BCUT2D eigenvalue weighted by molar-refractivity contribution is 9.10. The van der Waals surface area contributed by atoms with Gasteiger partial charge in [0.2, 0.25) is 5.91 Å². The first-order chi connectivity index (χ1) is 11.1. The first kappa shape index (κ1) is 20.2. The lowest BCUT2D eigenvalue weighted by Gasteiger charge is -2.28. The zero-order chi connectivity index (χ0) is 18.5. The van der Waals surface area contributed by atoms with Gasteiger partial charge in [-0.3, -0.25) is 14.4 Å². The van der Waals surface area contributed by atoms with Crippen LogP contribution in [0.15, 0.2) is 28.7 Å². The fourth-order valence-corrected chi connectivity index (χ4v) is 2.50. The van der Waals surface area contributed by atoms with Gasteiger partial charge in [-0.2, -0.15) is 0 Å². The number of halogens is 1. The van der Waals surface area contributed by atoms with E-state index in [1.54, 1.807) is 24.3 Å². The largest absolute Gasteiger partial charge is 0.468 e. The van der Waals surface area contributed by atoms with E-state index in [4.69, 9.17) is 9.47 Å². The second kappa shape index (κ2) is 8.28. The van der Waals surface area contributed by atoms with Crippen LogP contribution in [-0.4, -0.2) is 37.6 Å². The Kier molecular flexibility index (Phi) is 6.95. The van der Waals surface area contributed by atoms with Crippen LogP contribution in [0.2, 0.25) is 0 Å². The summed E-state index contributed by atoms with van der Waals surface area (Å²) < 4.78 is 10.2. The summed E-state index contributed by atoms with van der Waals surface area (Å²) in [4.78, 5) is 37.1. The van der Waals surface area contributed by atoms with Crippen molar-refractivity contribution in [1.82, 2.24) is 5.32 Å². The molecule has 1 rings (SSSR count). The molecule has 24 heavy (non-hydrogen) atoms. The van der Waals surface area contributed by atoms with Gasteiger partial charge in [-0.25, -0.2) is 0 Å². The van der Waals surface area contributed by atoms with Crippen LogP contribution in [0.25, 0.3) is 0 Å². The van der Waals surface area contributed by atoms with E-state index in [9.17, 15) is 14.4 Å². The van der Waals surface area contributed by atoms with E-state index in [1.807, 2.05) is 20.8 Å². The van der Waals surface area contributed by atoms with Crippen LogP contribution in [0.5, 0.6) is 0 Å². The van der Waals surface area contributed by atoms with Crippen molar-refractivity contribution >= 4 is 33.8 Å². The van der Waals surface area contributed by atoms with Crippen molar-refractivity contribution in [3.05, 3.63) is 34.3 Å². The second-order valence-electron chi connectivity index (χ2n) is 6.29. The van der Waals surface area contributed by atoms with Crippen LogP contribution >= 0.6 is 15.9 Å². The standard InChI is InChI=1S/C17H22BrNO5/c1-17(2,3)19-14(20)12(10-6-8-11(18)9-7-10)13(15(21)23-4)16(22)24-5/h6-9,12-13H,1-5H3,(H,19,20). The number of amides is 1. The maximum atomic E-state index is 12.8. The molecule has 0 bridgehead atoms. The summed E-state index contributed by atoms with van der Waals surface area (Å²) in [6.07, 6.45) is 0. The summed E-state index contributed by atoms with van der Waals surface area (Å²) in [6.45, 7) is 5.44. The molecule has 1 aromatic carbocycles. The quantitative estimate of drug-likeness (QED) is 0.607. The molecule has 0 saturated carbocycles. The minimum atomic E-state index is -1.39. The van der Waals surface area contributed by atoms with Gasteiger partial charge in [-0.05, 0) is 38.5 Å². The highest BCUT2D eigenvalue weighted by atomic mass is 79.9. The molecule has 0 saturated heterocycles. The molecule has 1 aromatic rings. The van der Waals surface area contributed by atoms with Crippen LogP contribution in [0.4, 0.5) is 0 Å². The Bertz CT molecular complexity index is 590. The molecular weight excluding hydrogens is 378 g/mol. The number of rotatable bonds is 5. The maximum absolute atomic E-state index is 12.8. The molecule has 0 aromatic heterocycles.